The van der Waals surface area contributed by atoms with Crippen LogP contribution in [0.25, 0.3) is 0 Å². The van der Waals surface area contributed by atoms with Crippen molar-refractivity contribution in [2.24, 2.45) is 11.8 Å². The van der Waals surface area contributed by atoms with Crippen molar-refractivity contribution in [1.82, 2.24) is 0 Å². The summed E-state index contributed by atoms with van der Waals surface area (Å²) in [5.74, 6) is 0.870. The fourth-order valence-electron chi connectivity index (χ4n) is 9.93. The quantitative estimate of drug-likeness (QED) is 0.0343. The number of carbonyl (C=O) groups is 3. The molecule has 1 atom stereocenters. The van der Waals surface area contributed by atoms with Gasteiger partial charge in [-0.15, -0.1) is 0 Å². The SMILES string of the molecule is CCCCCCCCCCCCCCCCCC(=O)OC[C@H](COC(=O)CCCCCCCCCCCCCCCCCC(C)C)OC(=O)CCCCCCCCCCCCCCCCCCC(C)C. The van der Waals surface area contributed by atoms with Crippen molar-refractivity contribution < 1.29 is 28.6 Å². The van der Waals surface area contributed by atoms with Gasteiger partial charge in [0.2, 0.25) is 0 Å². The summed E-state index contributed by atoms with van der Waals surface area (Å²) in [6, 6.07) is 0. The molecule has 0 N–H and O–H groups in total. The Bertz CT molecular complexity index is 1070. The second-order valence-corrected chi connectivity index (χ2v) is 23.0. The molecule has 6 nitrogen and oxygen atoms in total. The zero-order chi connectivity index (χ0) is 51.1. The molecule has 0 aromatic rings. The van der Waals surface area contributed by atoms with E-state index in [1.54, 1.807) is 0 Å². The summed E-state index contributed by atoms with van der Waals surface area (Å²) in [6.45, 7) is 11.5. The number of carbonyl (C=O) groups excluding carboxylic acids is 3. The summed E-state index contributed by atoms with van der Waals surface area (Å²) in [4.78, 5) is 38.3. The minimum absolute atomic E-state index is 0.0618. The van der Waals surface area contributed by atoms with Gasteiger partial charge in [-0.3, -0.25) is 14.4 Å². The summed E-state index contributed by atoms with van der Waals surface area (Å²) in [6.07, 6.45) is 62.4. The van der Waals surface area contributed by atoms with E-state index >= 15 is 0 Å². The molecule has 0 saturated heterocycles. The minimum atomic E-state index is -0.763. The molecule has 0 bridgehead atoms. The first-order valence-electron chi connectivity index (χ1n) is 31.7. The van der Waals surface area contributed by atoms with Gasteiger partial charge in [-0.1, -0.05) is 324 Å². The summed E-state index contributed by atoms with van der Waals surface area (Å²) in [7, 11) is 0. The Morgan fingerprint density at radius 3 is 0.700 bits per heavy atom. The summed E-state index contributed by atoms with van der Waals surface area (Å²) in [5, 5.41) is 0. The highest BCUT2D eigenvalue weighted by Gasteiger charge is 2.19. The molecule has 0 aromatic heterocycles. The number of hydrogen-bond acceptors (Lipinski definition) is 6. The topological polar surface area (TPSA) is 78.9 Å². The third-order valence-electron chi connectivity index (χ3n) is 14.7. The first-order chi connectivity index (χ1) is 34.2. The molecule has 0 aliphatic rings. The molecular weight excluding hydrogens is 865 g/mol. The maximum atomic E-state index is 12.9. The van der Waals surface area contributed by atoms with Crippen LogP contribution in [-0.4, -0.2) is 37.2 Å². The molecular formula is C64H124O6. The van der Waals surface area contributed by atoms with E-state index in [1.165, 1.54) is 250 Å². The Hall–Kier alpha value is -1.59. The molecule has 0 rings (SSSR count). The maximum Gasteiger partial charge on any atom is 0.306 e. The Morgan fingerprint density at radius 1 is 0.271 bits per heavy atom. The third-order valence-corrected chi connectivity index (χ3v) is 14.7. The van der Waals surface area contributed by atoms with Gasteiger partial charge < -0.3 is 14.2 Å². The van der Waals surface area contributed by atoms with Gasteiger partial charge in [0.25, 0.3) is 0 Å². The molecule has 70 heavy (non-hydrogen) atoms. The number of esters is 3. The molecule has 416 valence electrons. The lowest BCUT2D eigenvalue weighted by molar-refractivity contribution is -0.167. The zero-order valence-corrected chi connectivity index (χ0v) is 48.2. The van der Waals surface area contributed by atoms with Gasteiger partial charge in [0.1, 0.15) is 13.2 Å². The van der Waals surface area contributed by atoms with Crippen molar-refractivity contribution in [3.63, 3.8) is 0 Å². The number of unbranched alkanes of at least 4 members (excludes halogenated alkanes) is 43. The maximum absolute atomic E-state index is 12.9. The molecule has 0 unspecified atom stereocenters. The van der Waals surface area contributed by atoms with Gasteiger partial charge in [-0.25, -0.2) is 0 Å². The van der Waals surface area contributed by atoms with Crippen molar-refractivity contribution >= 4 is 17.9 Å². The molecule has 0 saturated carbocycles. The van der Waals surface area contributed by atoms with Crippen LogP contribution in [0, 0.1) is 11.8 Å². The van der Waals surface area contributed by atoms with E-state index in [9.17, 15) is 14.4 Å². The molecule has 0 heterocycles. The smallest absolute Gasteiger partial charge is 0.306 e. The summed E-state index contributed by atoms with van der Waals surface area (Å²) in [5.41, 5.74) is 0. The Labute approximate surface area is 438 Å². The number of hydrogen-bond donors (Lipinski definition) is 0. The third kappa shape index (κ3) is 57.3. The van der Waals surface area contributed by atoms with E-state index < -0.39 is 6.10 Å². The van der Waals surface area contributed by atoms with Crippen LogP contribution in [0.4, 0.5) is 0 Å². The fourth-order valence-corrected chi connectivity index (χ4v) is 9.93. The van der Waals surface area contributed by atoms with Crippen molar-refractivity contribution in [2.45, 2.75) is 368 Å². The first kappa shape index (κ1) is 68.4. The lowest BCUT2D eigenvalue weighted by atomic mass is 10.0. The van der Waals surface area contributed by atoms with Crippen LogP contribution in [0.15, 0.2) is 0 Å². The fraction of sp³-hybridized carbons (Fsp3) is 0.953. The molecule has 0 aromatic carbocycles. The molecule has 6 heteroatoms. The largest absolute Gasteiger partial charge is 0.462 e. The van der Waals surface area contributed by atoms with Crippen LogP contribution in [-0.2, 0) is 28.6 Å². The normalized spacial score (nSPS) is 12.0. The Morgan fingerprint density at radius 2 is 0.471 bits per heavy atom. The van der Waals surface area contributed by atoms with E-state index in [0.717, 1.165) is 69.6 Å². The summed E-state index contributed by atoms with van der Waals surface area (Å²) < 4.78 is 17.0. The predicted octanol–water partition coefficient (Wildman–Crippen LogP) is 21.2. The van der Waals surface area contributed by atoms with Crippen LogP contribution < -0.4 is 0 Å². The Kier molecular flexibility index (Phi) is 55.4. The van der Waals surface area contributed by atoms with Gasteiger partial charge in [0.15, 0.2) is 6.10 Å². The average Bonchev–Trinajstić information content (AvgIpc) is 3.33. The van der Waals surface area contributed by atoms with E-state index in [4.69, 9.17) is 14.2 Å². The second-order valence-electron chi connectivity index (χ2n) is 23.0. The van der Waals surface area contributed by atoms with Gasteiger partial charge in [0, 0.05) is 19.3 Å². The van der Waals surface area contributed by atoms with Crippen LogP contribution in [0.1, 0.15) is 362 Å². The lowest BCUT2D eigenvalue weighted by Gasteiger charge is -2.18. The van der Waals surface area contributed by atoms with Crippen molar-refractivity contribution in [1.29, 1.82) is 0 Å². The van der Waals surface area contributed by atoms with Gasteiger partial charge in [-0.2, -0.15) is 0 Å². The number of ether oxygens (including phenoxy) is 3. The highest BCUT2D eigenvalue weighted by Crippen LogP contribution is 2.19. The van der Waals surface area contributed by atoms with Gasteiger partial charge in [-0.05, 0) is 31.1 Å². The minimum Gasteiger partial charge on any atom is -0.462 e. The molecule has 0 aliphatic carbocycles. The van der Waals surface area contributed by atoms with E-state index in [2.05, 4.69) is 34.6 Å². The molecule has 0 spiro atoms. The monoisotopic (exact) mass is 989 g/mol. The summed E-state index contributed by atoms with van der Waals surface area (Å²) >= 11 is 0. The van der Waals surface area contributed by atoms with E-state index in [-0.39, 0.29) is 31.1 Å². The van der Waals surface area contributed by atoms with Crippen molar-refractivity contribution in [3.8, 4) is 0 Å². The van der Waals surface area contributed by atoms with Crippen LogP contribution in [0.2, 0.25) is 0 Å². The molecule has 0 fully saturated rings. The standard InChI is InChI=1S/C64H124O6/c1-6-7-8-9-10-11-12-13-17-24-29-34-39-44-49-54-62(65)68-57-61(58-69-63(66)55-50-45-40-35-30-25-21-16-19-23-28-33-38-43-48-53-60(4)5)70-64(67)56-51-46-41-36-31-26-20-15-14-18-22-27-32-37-42-47-52-59(2)3/h59-61H,6-58H2,1-5H3/t61-/m1/s1. The lowest BCUT2D eigenvalue weighted by Crippen LogP contribution is -2.30. The van der Waals surface area contributed by atoms with E-state index in [1.807, 2.05) is 0 Å². The van der Waals surface area contributed by atoms with Crippen LogP contribution >= 0.6 is 0 Å². The number of rotatable bonds is 58. The van der Waals surface area contributed by atoms with Gasteiger partial charge in [0.05, 0.1) is 0 Å². The van der Waals surface area contributed by atoms with Crippen molar-refractivity contribution in [3.05, 3.63) is 0 Å². The molecule has 0 amide bonds. The van der Waals surface area contributed by atoms with Crippen LogP contribution in [0.5, 0.6) is 0 Å². The molecule has 0 aliphatic heterocycles. The van der Waals surface area contributed by atoms with E-state index in [0.29, 0.717) is 19.3 Å². The molecule has 0 radical (unpaired) electrons. The highest BCUT2D eigenvalue weighted by molar-refractivity contribution is 5.71. The predicted molar refractivity (Wildman–Crippen MR) is 303 cm³/mol. The average molecular weight is 990 g/mol. The highest BCUT2D eigenvalue weighted by atomic mass is 16.6. The first-order valence-corrected chi connectivity index (χ1v) is 31.7. The van der Waals surface area contributed by atoms with Crippen molar-refractivity contribution in [2.75, 3.05) is 13.2 Å². The second kappa shape index (κ2) is 56.7. The Balaban J connectivity index is 4.28. The van der Waals surface area contributed by atoms with Crippen LogP contribution in [0.3, 0.4) is 0 Å². The zero-order valence-electron chi connectivity index (χ0n) is 48.2. The van der Waals surface area contributed by atoms with Gasteiger partial charge >= 0.3 is 17.9 Å².